The number of ether oxygens (including phenoxy) is 1. The predicted molar refractivity (Wildman–Crippen MR) is 101 cm³/mol. The van der Waals surface area contributed by atoms with Crippen LogP contribution in [0.4, 0.5) is 30.4 Å². The zero-order chi connectivity index (χ0) is 20.2. The first kappa shape index (κ1) is 20.5. The molecule has 27 heavy (non-hydrogen) atoms. The number of pyridine rings is 1. The molecule has 0 fully saturated rings. The van der Waals surface area contributed by atoms with Gasteiger partial charge in [-0.25, -0.2) is 9.98 Å². The van der Waals surface area contributed by atoms with Gasteiger partial charge in [-0.1, -0.05) is 6.07 Å². The zero-order valence-electron chi connectivity index (χ0n) is 16.0. The van der Waals surface area contributed by atoms with Crippen molar-refractivity contribution in [1.29, 1.82) is 0 Å². The Bertz CT molecular complexity index is 821. The van der Waals surface area contributed by atoms with Crippen LogP contribution in [0.5, 0.6) is 5.75 Å². The van der Waals surface area contributed by atoms with Crippen molar-refractivity contribution in [3.63, 3.8) is 0 Å². The minimum atomic E-state index is -4.50. The SMILES string of the molecule is CCN(C)C=Nc1cc(OC)cc(N(C)c2cccc(C(F)(F)F)n2)c1C. The van der Waals surface area contributed by atoms with E-state index in [1.807, 2.05) is 25.8 Å². The zero-order valence-corrected chi connectivity index (χ0v) is 16.0. The number of hydrogen-bond donors (Lipinski definition) is 0. The van der Waals surface area contributed by atoms with Gasteiger partial charge in [-0.15, -0.1) is 0 Å². The molecule has 0 aliphatic rings. The lowest BCUT2D eigenvalue weighted by Gasteiger charge is -2.23. The molecule has 0 atom stereocenters. The van der Waals surface area contributed by atoms with E-state index in [0.717, 1.165) is 18.2 Å². The maximum atomic E-state index is 13.0. The predicted octanol–water partition coefficient (Wildman–Crippen LogP) is 4.80. The first-order chi connectivity index (χ1) is 12.7. The average Bonchev–Trinajstić information content (AvgIpc) is 2.65. The standard InChI is InChI=1S/C19H23F3N4O/c1-6-25(3)12-23-15-10-14(27-5)11-16(13(15)2)26(4)18-9-7-8-17(24-18)19(20,21)22/h7-12H,6H2,1-5H3. The topological polar surface area (TPSA) is 41.0 Å². The van der Waals surface area contributed by atoms with E-state index in [1.54, 1.807) is 30.4 Å². The fourth-order valence-corrected chi connectivity index (χ4v) is 2.39. The van der Waals surface area contributed by atoms with Crippen molar-refractivity contribution in [1.82, 2.24) is 9.88 Å². The summed E-state index contributed by atoms with van der Waals surface area (Å²) in [6.07, 6.45) is -2.80. The minimum Gasteiger partial charge on any atom is -0.497 e. The fraction of sp³-hybridized carbons (Fsp3) is 0.368. The lowest BCUT2D eigenvalue weighted by atomic mass is 10.1. The second-order valence-corrected chi connectivity index (χ2v) is 6.05. The molecule has 0 aliphatic carbocycles. The second-order valence-electron chi connectivity index (χ2n) is 6.05. The first-order valence-corrected chi connectivity index (χ1v) is 8.38. The van der Waals surface area contributed by atoms with Crippen molar-refractivity contribution in [2.75, 3.05) is 32.6 Å². The van der Waals surface area contributed by atoms with E-state index >= 15 is 0 Å². The van der Waals surface area contributed by atoms with Gasteiger partial charge in [0.2, 0.25) is 0 Å². The molecule has 0 bridgehead atoms. The number of aromatic nitrogens is 1. The molecule has 5 nitrogen and oxygen atoms in total. The number of anilines is 2. The molecule has 8 heteroatoms. The third kappa shape index (κ3) is 4.90. The van der Waals surface area contributed by atoms with E-state index in [1.165, 1.54) is 19.2 Å². The van der Waals surface area contributed by atoms with E-state index in [-0.39, 0.29) is 5.82 Å². The fourth-order valence-electron chi connectivity index (χ4n) is 2.39. The van der Waals surface area contributed by atoms with Gasteiger partial charge in [-0.05, 0) is 31.5 Å². The molecule has 0 amide bonds. The van der Waals surface area contributed by atoms with Crippen LogP contribution in [0.1, 0.15) is 18.2 Å². The monoisotopic (exact) mass is 380 g/mol. The summed E-state index contributed by atoms with van der Waals surface area (Å²) >= 11 is 0. The van der Waals surface area contributed by atoms with Gasteiger partial charge in [0, 0.05) is 32.8 Å². The molecule has 0 radical (unpaired) electrons. The summed E-state index contributed by atoms with van der Waals surface area (Å²) in [5, 5.41) is 0. The summed E-state index contributed by atoms with van der Waals surface area (Å²) in [4.78, 5) is 11.7. The first-order valence-electron chi connectivity index (χ1n) is 8.38. The highest BCUT2D eigenvalue weighted by atomic mass is 19.4. The highest BCUT2D eigenvalue weighted by molar-refractivity contribution is 5.74. The van der Waals surface area contributed by atoms with Crippen molar-refractivity contribution < 1.29 is 17.9 Å². The maximum Gasteiger partial charge on any atom is 0.433 e. The Labute approximate surface area is 157 Å². The number of halogens is 3. The van der Waals surface area contributed by atoms with E-state index in [0.29, 0.717) is 17.1 Å². The Morgan fingerprint density at radius 3 is 2.52 bits per heavy atom. The van der Waals surface area contributed by atoms with Gasteiger partial charge >= 0.3 is 6.18 Å². The molecule has 0 aliphatic heterocycles. The molecule has 0 spiro atoms. The lowest BCUT2D eigenvalue weighted by molar-refractivity contribution is -0.141. The summed E-state index contributed by atoms with van der Waals surface area (Å²) < 4.78 is 44.3. The van der Waals surface area contributed by atoms with E-state index in [9.17, 15) is 13.2 Å². The van der Waals surface area contributed by atoms with Crippen LogP contribution in [0.3, 0.4) is 0 Å². The van der Waals surface area contributed by atoms with Crippen LogP contribution in [0.25, 0.3) is 0 Å². The number of alkyl halides is 3. The van der Waals surface area contributed by atoms with Gasteiger partial charge in [-0.3, -0.25) is 0 Å². The molecule has 0 saturated carbocycles. The minimum absolute atomic E-state index is 0.182. The molecule has 0 N–H and O–H groups in total. The summed E-state index contributed by atoms with van der Waals surface area (Å²) in [5.74, 6) is 0.738. The molecular formula is C19H23F3N4O. The highest BCUT2D eigenvalue weighted by Crippen LogP contribution is 2.37. The normalized spacial score (nSPS) is 11.7. The van der Waals surface area contributed by atoms with Crippen molar-refractivity contribution in [2.45, 2.75) is 20.0 Å². The van der Waals surface area contributed by atoms with Gasteiger partial charge in [-0.2, -0.15) is 13.2 Å². The van der Waals surface area contributed by atoms with Gasteiger partial charge < -0.3 is 14.5 Å². The molecule has 0 saturated heterocycles. The molecule has 1 aromatic carbocycles. The molecule has 2 rings (SSSR count). The van der Waals surface area contributed by atoms with Crippen LogP contribution in [-0.4, -0.2) is 44.0 Å². The molecule has 0 unspecified atom stereocenters. The van der Waals surface area contributed by atoms with Gasteiger partial charge in [0.15, 0.2) is 0 Å². The summed E-state index contributed by atoms with van der Waals surface area (Å²) in [6, 6.07) is 7.35. The van der Waals surface area contributed by atoms with Crippen LogP contribution >= 0.6 is 0 Å². The van der Waals surface area contributed by atoms with Crippen molar-refractivity contribution >= 4 is 23.5 Å². The third-order valence-electron chi connectivity index (χ3n) is 4.18. The molecule has 146 valence electrons. The molecular weight excluding hydrogens is 357 g/mol. The molecule has 1 heterocycles. The van der Waals surface area contributed by atoms with Gasteiger partial charge in [0.1, 0.15) is 17.3 Å². The smallest absolute Gasteiger partial charge is 0.433 e. The second kappa shape index (κ2) is 8.28. The largest absolute Gasteiger partial charge is 0.497 e. The number of aliphatic imine (C=N–C) groups is 1. The molecule has 2 aromatic rings. The number of benzene rings is 1. The summed E-state index contributed by atoms with van der Waals surface area (Å²) in [6.45, 7) is 4.66. The lowest BCUT2D eigenvalue weighted by Crippen LogP contribution is -2.16. The Morgan fingerprint density at radius 1 is 1.22 bits per heavy atom. The van der Waals surface area contributed by atoms with Crippen LogP contribution < -0.4 is 9.64 Å². The van der Waals surface area contributed by atoms with Crippen molar-refractivity contribution in [3.05, 3.63) is 41.6 Å². The summed E-state index contributed by atoms with van der Waals surface area (Å²) in [5.41, 5.74) is 1.20. The Morgan fingerprint density at radius 2 is 1.93 bits per heavy atom. The van der Waals surface area contributed by atoms with Crippen LogP contribution in [0.15, 0.2) is 35.3 Å². The number of nitrogens with zero attached hydrogens (tertiary/aromatic N) is 4. The van der Waals surface area contributed by atoms with Crippen LogP contribution in [-0.2, 0) is 6.18 Å². The highest BCUT2D eigenvalue weighted by Gasteiger charge is 2.32. The van der Waals surface area contributed by atoms with E-state index < -0.39 is 11.9 Å². The van der Waals surface area contributed by atoms with Gasteiger partial charge in [0.25, 0.3) is 0 Å². The number of rotatable bonds is 6. The summed E-state index contributed by atoms with van der Waals surface area (Å²) in [7, 11) is 5.09. The number of methoxy groups -OCH3 is 1. The Kier molecular flexibility index (Phi) is 6.30. The third-order valence-corrected chi connectivity index (χ3v) is 4.18. The maximum absolute atomic E-state index is 13.0. The van der Waals surface area contributed by atoms with E-state index in [4.69, 9.17) is 4.74 Å². The van der Waals surface area contributed by atoms with Crippen molar-refractivity contribution in [3.8, 4) is 5.75 Å². The molecule has 1 aromatic heterocycles. The van der Waals surface area contributed by atoms with Crippen molar-refractivity contribution in [2.24, 2.45) is 4.99 Å². The van der Waals surface area contributed by atoms with Crippen LogP contribution in [0, 0.1) is 6.92 Å². The Balaban J connectivity index is 2.49. The van der Waals surface area contributed by atoms with Crippen LogP contribution in [0.2, 0.25) is 0 Å². The average molecular weight is 380 g/mol. The Hall–Kier alpha value is -2.77. The van der Waals surface area contributed by atoms with E-state index in [2.05, 4.69) is 9.98 Å². The van der Waals surface area contributed by atoms with Gasteiger partial charge in [0.05, 0.1) is 24.8 Å². The quantitative estimate of drug-likeness (QED) is 0.533. The number of hydrogen-bond acceptors (Lipinski definition) is 4.